The van der Waals surface area contributed by atoms with Crippen molar-refractivity contribution in [3.8, 4) is 0 Å². The number of ether oxygens (including phenoxy) is 4. The quantitative estimate of drug-likeness (QED) is 0.476. The molecule has 5 rings (SSSR count). The van der Waals surface area contributed by atoms with Crippen LogP contribution in [0.15, 0.2) is 23.8 Å². The molecule has 6 nitrogen and oxygen atoms in total. The first-order valence-corrected chi connectivity index (χ1v) is 10.1. The second-order valence-corrected chi connectivity index (χ2v) is 8.41. The van der Waals surface area contributed by atoms with E-state index in [0.29, 0.717) is 30.3 Å². The summed E-state index contributed by atoms with van der Waals surface area (Å²) in [6.07, 6.45) is 9.86. The minimum atomic E-state index is 0.442. The third kappa shape index (κ3) is 5.62. The van der Waals surface area contributed by atoms with Crippen LogP contribution in [0.1, 0.15) is 6.42 Å². The number of epoxide rings is 4. The van der Waals surface area contributed by atoms with E-state index >= 15 is 0 Å². The van der Waals surface area contributed by atoms with Crippen molar-refractivity contribution >= 4 is 0 Å². The van der Waals surface area contributed by atoms with Crippen LogP contribution in [-0.2, 0) is 18.9 Å². The molecule has 0 saturated carbocycles. The van der Waals surface area contributed by atoms with Gasteiger partial charge < -0.3 is 18.9 Å². The van der Waals surface area contributed by atoms with Gasteiger partial charge in [0.15, 0.2) is 0 Å². The highest BCUT2D eigenvalue weighted by Gasteiger charge is 2.33. The van der Waals surface area contributed by atoms with Crippen molar-refractivity contribution in [2.45, 2.75) is 30.8 Å². The molecule has 5 unspecified atom stereocenters. The third-order valence-electron chi connectivity index (χ3n) is 5.62. The Morgan fingerprint density at radius 3 is 1.73 bits per heavy atom. The molecule has 0 aromatic carbocycles. The van der Waals surface area contributed by atoms with Crippen molar-refractivity contribution in [2.24, 2.45) is 5.92 Å². The van der Waals surface area contributed by atoms with Crippen LogP contribution in [0.5, 0.6) is 0 Å². The molecule has 0 N–H and O–H groups in total. The molecule has 0 radical (unpaired) electrons. The summed E-state index contributed by atoms with van der Waals surface area (Å²) in [5.41, 5.74) is 1.53. The van der Waals surface area contributed by atoms with Crippen molar-refractivity contribution in [3.05, 3.63) is 23.8 Å². The van der Waals surface area contributed by atoms with E-state index < -0.39 is 0 Å². The van der Waals surface area contributed by atoms with Gasteiger partial charge in [-0.2, -0.15) is 0 Å². The van der Waals surface area contributed by atoms with Crippen molar-refractivity contribution in [1.29, 1.82) is 0 Å². The van der Waals surface area contributed by atoms with Gasteiger partial charge in [-0.15, -0.1) is 0 Å². The molecule has 1 aliphatic carbocycles. The van der Waals surface area contributed by atoms with Gasteiger partial charge in [0.1, 0.15) is 0 Å². The Bertz CT molecular complexity index is 522. The van der Waals surface area contributed by atoms with Crippen LogP contribution >= 0.6 is 0 Å². The van der Waals surface area contributed by atoms with E-state index in [-0.39, 0.29) is 0 Å². The minimum Gasteiger partial charge on any atom is -0.372 e. The van der Waals surface area contributed by atoms with Crippen LogP contribution in [-0.4, -0.2) is 99.9 Å². The van der Waals surface area contributed by atoms with E-state index in [1.54, 1.807) is 0 Å². The minimum absolute atomic E-state index is 0.442. The smallest absolute Gasteiger partial charge is 0.0936 e. The molecule has 144 valence electrons. The monoisotopic (exact) mass is 362 g/mol. The average molecular weight is 362 g/mol. The molecule has 5 atom stereocenters. The van der Waals surface area contributed by atoms with Crippen LogP contribution in [0.2, 0.25) is 0 Å². The highest BCUT2D eigenvalue weighted by atomic mass is 16.6. The molecule has 26 heavy (non-hydrogen) atoms. The summed E-state index contributed by atoms with van der Waals surface area (Å²) < 4.78 is 21.8. The molecule has 4 fully saturated rings. The second-order valence-electron chi connectivity index (χ2n) is 8.41. The maximum atomic E-state index is 5.45. The molecule has 5 aliphatic rings. The number of rotatable bonds is 12. The lowest BCUT2D eigenvalue weighted by Crippen LogP contribution is -2.37. The van der Waals surface area contributed by atoms with Gasteiger partial charge in [-0.25, -0.2) is 0 Å². The van der Waals surface area contributed by atoms with E-state index in [4.69, 9.17) is 18.9 Å². The summed E-state index contributed by atoms with van der Waals surface area (Å²) in [5, 5.41) is 0. The van der Waals surface area contributed by atoms with E-state index in [1.807, 2.05) is 0 Å². The SMILES string of the molecule is C1=CC(CN(CC2CO2)CC2CO2)CC(CN(CC2CO2)CC2CO2)=C1. The van der Waals surface area contributed by atoms with Crippen molar-refractivity contribution in [2.75, 3.05) is 65.7 Å². The third-order valence-corrected chi connectivity index (χ3v) is 5.62. The van der Waals surface area contributed by atoms with Gasteiger partial charge in [-0.3, -0.25) is 9.80 Å². The molecule has 0 amide bonds. The topological polar surface area (TPSA) is 56.6 Å². The van der Waals surface area contributed by atoms with Gasteiger partial charge >= 0.3 is 0 Å². The largest absolute Gasteiger partial charge is 0.372 e. The Kier molecular flexibility index (Phi) is 5.14. The van der Waals surface area contributed by atoms with Gasteiger partial charge in [-0.05, 0) is 12.3 Å². The zero-order chi connectivity index (χ0) is 17.3. The van der Waals surface area contributed by atoms with E-state index in [2.05, 4.69) is 28.0 Å². The molecule has 0 bridgehead atoms. The van der Waals surface area contributed by atoms with Crippen molar-refractivity contribution < 1.29 is 18.9 Å². The zero-order valence-corrected chi connectivity index (χ0v) is 15.4. The highest BCUT2D eigenvalue weighted by Crippen LogP contribution is 2.25. The van der Waals surface area contributed by atoms with E-state index in [0.717, 1.165) is 72.1 Å². The zero-order valence-electron chi connectivity index (χ0n) is 15.4. The van der Waals surface area contributed by atoms with Crippen LogP contribution in [0.25, 0.3) is 0 Å². The lowest BCUT2D eigenvalue weighted by molar-refractivity contribution is 0.199. The molecule has 6 heteroatoms. The number of allylic oxidation sites excluding steroid dienone is 2. The van der Waals surface area contributed by atoms with Gasteiger partial charge in [0.2, 0.25) is 0 Å². The first kappa shape index (κ1) is 17.3. The standard InChI is InChI=1S/C20H30N2O4/c1-2-15(5-21(7-17-11-23-17)8-18-12-24-18)4-16(3-1)6-22(9-19-13-25-19)10-20-14-26-20/h1-3,15,17-20H,4-14H2. The van der Waals surface area contributed by atoms with Crippen molar-refractivity contribution in [1.82, 2.24) is 9.80 Å². The second kappa shape index (κ2) is 7.70. The molecule has 4 heterocycles. The Hall–Kier alpha value is -0.760. The first-order chi connectivity index (χ1) is 12.8. The summed E-state index contributed by atoms with van der Waals surface area (Å²) in [6, 6.07) is 0. The van der Waals surface area contributed by atoms with Gasteiger partial charge in [0, 0.05) is 39.3 Å². The lowest BCUT2D eigenvalue weighted by Gasteiger charge is -2.29. The fourth-order valence-corrected chi connectivity index (χ4v) is 3.96. The maximum Gasteiger partial charge on any atom is 0.0936 e. The summed E-state index contributed by atoms with van der Waals surface area (Å²) >= 11 is 0. The highest BCUT2D eigenvalue weighted by molar-refractivity contribution is 5.21. The fourth-order valence-electron chi connectivity index (χ4n) is 3.96. The fraction of sp³-hybridized carbons (Fsp3) is 0.800. The lowest BCUT2D eigenvalue weighted by atomic mass is 9.93. The van der Waals surface area contributed by atoms with Crippen molar-refractivity contribution in [3.63, 3.8) is 0 Å². The molecule has 4 saturated heterocycles. The maximum absolute atomic E-state index is 5.45. The van der Waals surface area contributed by atoms with Crippen LogP contribution in [0.3, 0.4) is 0 Å². The average Bonchev–Trinajstić information content (AvgIpc) is 3.40. The van der Waals surface area contributed by atoms with E-state index in [1.165, 1.54) is 5.57 Å². The molecule has 0 aromatic rings. The molecular formula is C20H30N2O4. The van der Waals surface area contributed by atoms with Crippen LogP contribution in [0, 0.1) is 5.92 Å². The normalized spacial score (nSPS) is 37.2. The summed E-state index contributed by atoms with van der Waals surface area (Å²) in [4.78, 5) is 5.06. The van der Waals surface area contributed by atoms with Gasteiger partial charge in [0.05, 0.1) is 50.8 Å². The Labute approximate surface area is 155 Å². The Morgan fingerprint density at radius 1 is 0.731 bits per heavy atom. The summed E-state index contributed by atoms with van der Waals surface area (Å²) in [7, 11) is 0. The molecular weight excluding hydrogens is 332 g/mol. The molecule has 0 spiro atoms. The molecule has 4 aliphatic heterocycles. The van der Waals surface area contributed by atoms with Crippen LogP contribution < -0.4 is 0 Å². The predicted molar refractivity (Wildman–Crippen MR) is 97.2 cm³/mol. The predicted octanol–water partition coefficient (Wildman–Crippen LogP) is 0.688. The molecule has 0 aromatic heterocycles. The summed E-state index contributed by atoms with van der Waals surface area (Å²) in [6.45, 7) is 10.0. The number of hydrogen-bond acceptors (Lipinski definition) is 6. The van der Waals surface area contributed by atoms with Gasteiger partial charge in [-0.1, -0.05) is 23.8 Å². The summed E-state index contributed by atoms with van der Waals surface area (Å²) in [5.74, 6) is 0.587. The van der Waals surface area contributed by atoms with E-state index in [9.17, 15) is 0 Å². The Morgan fingerprint density at radius 2 is 1.23 bits per heavy atom. The number of hydrogen-bond donors (Lipinski definition) is 0. The first-order valence-electron chi connectivity index (χ1n) is 10.1. The van der Waals surface area contributed by atoms with Gasteiger partial charge in [0.25, 0.3) is 0 Å². The number of nitrogens with zero attached hydrogens (tertiary/aromatic N) is 2. The Balaban J connectivity index is 1.13. The van der Waals surface area contributed by atoms with Crippen LogP contribution in [0.4, 0.5) is 0 Å².